The van der Waals surface area contributed by atoms with Gasteiger partial charge >= 0.3 is 5.97 Å². The van der Waals surface area contributed by atoms with Crippen LogP contribution >= 0.6 is 0 Å². The number of para-hydroxylation sites is 1. The minimum absolute atomic E-state index is 0.0168. The van der Waals surface area contributed by atoms with E-state index in [9.17, 15) is 14.3 Å². The summed E-state index contributed by atoms with van der Waals surface area (Å²) in [7, 11) is 0. The highest BCUT2D eigenvalue weighted by atomic mass is 19.1. The summed E-state index contributed by atoms with van der Waals surface area (Å²) in [6.07, 6.45) is 3.59. The van der Waals surface area contributed by atoms with Gasteiger partial charge in [0.15, 0.2) is 0 Å². The van der Waals surface area contributed by atoms with Crippen LogP contribution in [-0.4, -0.2) is 30.3 Å². The average Bonchev–Trinajstić information content (AvgIpc) is 2.90. The van der Waals surface area contributed by atoms with Crippen LogP contribution < -0.4 is 10.1 Å². The van der Waals surface area contributed by atoms with Crippen LogP contribution in [0.3, 0.4) is 0 Å². The minimum Gasteiger partial charge on any atom is -0.490 e. The molecule has 4 aromatic carbocycles. The number of carboxylic acid groups (broad SMARTS) is 1. The number of fused-ring (bicyclic) bond motifs is 2. The van der Waals surface area contributed by atoms with Crippen LogP contribution in [0.2, 0.25) is 0 Å². The molecular weight excluding hydrogens is 453 g/mol. The van der Waals surface area contributed by atoms with Crippen LogP contribution in [0.4, 0.5) is 4.39 Å². The first kappa shape index (κ1) is 24.0. The van der Waals surface area contributed by atoms with Gasteiger partial charge in [0.1, 0.15) is 11.6 Å². The molecule has 0 radical (unpaired) electrons. The van der Waals surface area contributed by atoms with Gasteiger partial charge in [0.05, 0.1) is 11.7 Å². The number of rotatable bonds is 9. The highest BCUT2D eigenvalue weighted by Gasteiger charge is 2.29. The molecule has 2 atom stereocenters. The molecule has 0 bridgehead atoms. The van der Waals surface area contributed by atoms with Crippen LogP contribution in [0.25, 0.3) is 10.8 Å². The molecule has 1 aliphatic heterocycles. The summed E-state index contributed by atoms with van der Waals surface area (Å²) in [5.41, 5.74) is 2.90. The van der Waals surface area contributed by atoms with Gasteiger partial charge in [-0.2, -0.15) is 0 Å². The number of aromatic carboxylic acids is 1. The third-order valence-electron chi connectivity index (χ3n) is 7.04. The molecule has 184 valence electrons. The maximum absolute atomic E-state index is 14.0. The fraction of sp³-hybridized carbons (Fsp3) is 0.258. The molecule has 0 spiro atoms. The zero-order valence-electron chi connectivity index (χ0n) is 20.1. The van der Waals surface area contributed by atoms with Crippen LogP contribution in [-0.2, 0) is 6.42 Å². The first-order valence-corrected chi connectivity index (χ1v) is 12.6. The summed E-state index contributed by atoms with van der Waals surface area (Å²) in [5.74, 6) is -1.17. The topological polar surface area (TPSA) is 58.6 Å². The van der Waals surface area contributed by atoms with Crippen molar-refractivity contribution in [1.29, 1.82) is 0 Å². The number of hydrogen-bond donors (Lipinski definition) is 2. The van der Waals surface area contributed by atoms with E-state index in [2.05, 4.69) is 47.8 Å². The Morgan fingerprint density at radius 1 is 0.972 bits per heavy atom. The van der Waals surface area contributed by atoms with Crippen molar-refractivity contribution in [2.75, 3.05) is 13.1 Å². The highest BCUT2D eigenvalue weighted by Crippen LogP contribution is 2.41. The van der Waals surface area contributed by atoms with Crippen molar-refractivity contribution in [3.05, 3.63) is 113 Å². The van der Waals surface area contributed by atoms with Gasteiger partial charge in [-0.15, -0.1) is 0 Å². The molecule has 4 nitrogen and oxygen atoms in total. The molecule has 2 unspecified atom stereocenters. The van der Waals surface area contributed by atoms with E-state index >= 15 is 0 Å². The Bertz CT molecular complexity index is 1360. The van der Waals surface area contributed by atoms with E-state index in [0.29, 0.717) is 0 Å². The lowest BCUT2D eigenvalue weighted by atomic mass is 9.82. The predicted octanol–water partition coefficient (Wildman–Crippen LogP) is 6.57. The molecule has 4 aromatic rings. The summed E-state index contributed by atoms with van der Waals surface area (Å²) in [6, 6.07) is 27.2. The largest absolute Gasteiger partial charge is 0.490 e. The second kappa shape index (κ2) is 10.9. The number of carbonyl (C=O) groups is 1. The molecule has 0 saturated heterocycles. The molecule has 5 heteroatoms. The predicted molar refractivity (Wildman–Crippen MR) is 140 cm³/mol. The van der Waals surface area contributed by atoms with Gasteiger partial charge in [-0.3, -0.25) is 0 Å². The standard InChI is InChI=1S/C31H30FNO3/c32-29-15-14-23(19-28(29)31(34)35)27-20-24(36-30-13-4-3-12-26(27)30)10-6-17-33-18-16-22-9-5-8-21-7-1-2-11-25(21)22/h1-5,7-9,11-15,19,24,27,33H,6,10,16-18,20H2,(H,34,35). The Labute approximate surface area is 210 Å². The van der Waals surface area contributed by atoms with Crippen molar-refractivity contribution in [2.24, 2.45) is 0 Å². The Morgan fingerprint density at radius 3 is 2.67 bits per heavy atom. The molecule has 0 saturated carbocycles. The summed E-state index contributed by atoms with van der Waals surface area (Å²) in [5, 5.41) is 15.5. The zero-order chi connectivity index (χ0) is 24.9. The fourth-order valence-electron chi connectivity index (χ4n) is 5.22. The summed E-state index contributed by atoms with van der Waals surface area (Å²) in [6.45, 7) is 1.81. The van der Waals surface area contributed by atoms with E-state index in [1.54, 1.807) is 6.07 Å². The quantitative estimate of drug-likeness (QED) is 0.264. The maximum Gasteiger partial charge on any atom is 0.338 e. The molecule has 0 aliphatic carbocycles. The van der Waals surface area contributed by atoms with Crippen LogP contribution in [0.1, 0.15) is 52.2 Å². The van der Waals surface area contributed by atoms with Crippen molar-refractivity contribution < 1.29 is 19.0 Å². The molecule has 5 rings (SSSR count). The van der Waals surface area contributed by atoms with Gasteiger partial charge in [-0.05, 0) is 78.9 Å². The van der Waals surface area contributed by atoms with Crippen molar-refractivity contribution in [3.63, 3.8) is 0 Å². The van der Waals surface area contributed by atoms with Crippen molar-refractivity contribution in [3.8, 4) is 5.75 Å². The van der Waals surface area contributed by atoms with Gasteiger partial charge in [0.25, 0.3) is 0 Å². The van der Waals surface area contributed by atoms with E-state index in [0.717, 1.165) is 55.6 Å². The molecule has 0 fully saturated rings. The molecule has 0 aromatic heterocycles. The average molecular weight is 484 g/mol. The normalized spacial score (nSPS) is 16.9. The molecule has 36 heavy (non-hydrogen) atoms. The van der Waals surface area contributed by atoms with Crippen molar-refractivity contribution in [2.45, 2.75) is 37.7 Å². The van der Waals surface area contributed by atoms with E-state index in [1.165, 1.54) is 28.5 Å². The van der Waals surface area contributed by atoms with Gasteiger partial charge in [0, 0.05) is 11.5 Å². The fourth-order valence-corrected chi connectivity index (χ4v) is 5.22. The third kappa shape index (κ3) is 5.26. The molecule has 0 amide bonds. The smallest absolute Gasteiger partial charge is 0.338 e. The Hall–Kier alpha value is -3.70. The van der Waals surface area contributed by atoms with Gasteiger partial charge < -0.3 is 15.2 Å². The van der Waals surface area contributed by atoms with E-state index < -0.39 is 11.8 Å². The Kier molecular flexibility index (Phi) is 7.28. The van der Waals surface area contributed by atoms with Gasteiger partial charge in [0.2, 0.25) is 0 Å². The number of hydrogen-bond acceptors (Lipinski definition) is 3. The molecular formula is C31H30FNO3. The van der Waals surface area contributed by atoms with Crippen LogP contribution in [0.5, 0.6) is 5.75 Å². The Morgan fingerprint density at radius 2 is 1.78 bits per heavy atom. The minimum atomic E-state index is -1.25. The van der Waals surface area contributed by atoms with Crippen molar-refractivity contribution >= 4 is 16.7 Å². The lowest BCUT2D eigenvalue weighted by Crippen LogP contribution is -2.28. The van der Waals surface area contributed by atoms with E-state index in [1.807, 2.05) is 24.3 Å². The second-order valence-corrected chi connectivity index (χ2v) is 9.39. The van der Waals surface area contributed by atoms with Crippen LogP contribution in [0, 0.1) is 5.82 Å². The number of nitrogens with one attached hydrogen (secondary N) is 1. The zero-order valence-corrected chi connectivity index (χ0v) is 20.1. The number of ether oxygens (including phenoxy) is 1. The second-order valence-electron chi connectivity index (χ2n) is 9.39. The molecule has 2 N–H and O–H groups in total. The van der Waals surface area contributed by atoms with E-state index in [4.69, 9.17) is 4.74 Å². The number of halogens is 1. The monoisotopic (exact) mass is 483 g/mol. The summed E-state index contributed by atoms with van der Waals surface area (Å²) in [4.78, 5) is 11.5. The third-order valence-corrected chi connectivity index (χ3v) is 7.04. The highest BCUT2D eigenvalue weighted by molar-refractivity contribution is 5.88. The number of benzene rings is 4. The Balaban J connectivity index is 1.18. The first-order valence-electron chi connectivity index (χ1n) is 12.6. The maximum atomic E-state index is 14.0. The van der Waals surface area contributed by atoms with Crippen LogP contribution in [0.15, 0.2) is 84.9 Å². The SMILES string of the molecule is O=C(O)c1cc(C2CC(CCCNCCc3cccc4ccccc34)Oc3ccccc32)ccc1F. The lowest BCUT2D eigenvalue weighted by molar-refractivity contribution is 0.0691. The van der Waals surface area contributed by atoms with Gasteiger partial charge in [-0.1, -0.05) is 66.7 Å². The van der Waals surface area contributed by atoms with E-state index in [-0.39, 0.29) is 17.6 Å². The lowest BCUT2D eigenvalue weighted by Gasteiger charge is -2.33. The molecule has 1 aliphatic rings. The summed E-state index contributed by atoms with van der Waals surface area (Å²) >= 11 is 0. The first-order chi connectivity index (χ1) is 17.6. The molecule has 1 heterocycles. The van der Waals surface area contributed by atoms with Crippen molar-refractivity contribution in [1.82, 2.24) is 5.32 Å². The summed E-state index contributed by atoms with van der Waals surface area (Å²) < 4.78 is 20.3. The number of carboxylic acids is 1. The van der Waals surface area contributed by atoms with Gasteiger partial charge in [-0.25, -0.2) is 9.18 Å².